The first kappa shape index (κ1) is 24.2. The molecule has 4 heterocycles. The van der Waals surface area contributed by atoms with Crippen LogP contribution in [0, 0.1) is 13.8 Å². The summed E-state index contributed by atoms with van der Waals surface area (Å²) >= 11 is 0. The van der Waals surface area contributed by atoms with Crippen molar-refractivity contribution in [1.29, 1.82) is 0 Å². The highest BCUT2D eigenvalue weighted by molar-refractivity contribution is 6.06. The van der Waals surface area contributed by atoms with Crippen LogP contribution in [0.1, 0.15) is 54.6 Å². The third kappa shape index (κ3) is 4.63. The number of nitrogens with one attached hydrogen (secondary N) is 2. The van der Waals surface area contributed by atoms with Crippen molar-refractivity contribution in [2.75, 3.05) is 13.1 Å². The molecule has 0 saturated carbocycles. The largest absolute Gasteiger partial charge is 0.466 e. The molecule has 7 nitrogen and oxygen atoms in total. The summed E-state index contributed by atoms with van der Waals surface area (Å²) in [5.74, 6) is 1.52. The van der Waals surface area contributed by atoms with Gasteiger partial charge in [0.25, 0.3) is 5.91 Å². The average molecular weight is 454 g/mol. The van der Waals surface area contributed by atoms with Crippen LogP contribution in [0.3, 0.4) is 0 Å². The van der Waals surface area contributed by atoms with Gasteiger partial charge in [-0.25, -0.2) is 9.67 Å². The van der Waals surface area contributed by atoms with Crippen molar-refractivity contribution >= 4 is 41.8 Å². The van der Waals surface area contributed by atoms with Gasteiger partial charge < -0.3 is 15.1 Å². The Morgan fingerprint density at radius 1 is 1.33 bits per heavy atom. The molecule has 0 radical (unpaired) electrons. The van der Waals surface area contributed by atoms with E-state index in [1.807, 2.05) is 30.7 Å². The lowest BCUT2D eigenvalue weighted by molar-refractivity contribution is 0.0952. The summed E-state index contributed by atoms with van der Waals surface area (Å²) < 4.78 is 7.54. The molecule has 1 aliphatic rings. The summed E-state index contributed by atoms with van der Waals surface area (Å²) in [5, 5.41) is 11.7. The first-order valence-electron chi connectivity index (χ1n) is 9.91. The van der Waals surface area contributed by atoms with Gasteiger partial charge in [-0.15, -0.1) is 24.8 Å². The first-order chi connectivity index (χ1) is 13.4. The van der Waals surface area contributed by atoms with E-state index in [2.05, 4.69) is 29.6 Å². The number of aryl methyl sites for hydroxylation is 2. The Morgan fingerprint density at radius 3 is 2.70 bits per heavy atom. The molecule has 1 saturated heterocycles. The van der Waals surface area contributed by atoms with Crippen molar-refractivity contribution in [3.63, 3.8) is 0 Å². The second-order valence-electron chi connectivity index (χ2n) is 7.81. The van der Waals surface area contributed by atoms with Crippen LogP contribution < -0.4 is 10.6 Å². The number of hydrogen-bond acceptors (Lipinski definition) is 5. The number of furan rings is 1. The second kappa shape index (κ2) is 9.81. The van der Waals surface area contributed by atoms with Gasteiger partial charge in [0, 0.05) is 24.2 Å². The highest BCUT2D eigenvalue weighted by Crippen LogP contribution is 2.30. The number of carbonyl (C=O) groups is 1. The quantitative estimate of drug-likeness (QED) is 0.603. The van der Waals surface area contributed by atoms with E-state index in [1.54, 1.807) is 6.20 Å². The zero-order valence-electron chi connectivity index (χ0n) is 17.7. The lowest BCUT2D eigenvalue weighted by atomic mass is 10.1. The molecule has 3 aromatic rings. The van der Waals surface area contributed by atoms with Gasteiger partial charge in [-0.2, -0.15) is 5.10 Å². The molecule has 1 fully saturated rings. The molecule has 1 aliphatic heterocycles. The van der Waals surface area contributed by atoms with E-state index in [-0.39, 0.29) is 36.8 Å². The fourth-order valence-corrected chi connectivity index (χ4v) is 3.85. The van der Waals surface area contributed by atoms with Gasteiger partial charge in [0.05, 0.1) is 22.8 Å². The van der Waals surface area contributed by atoms with E-state index in [1.165, 1.54) is 0 Å². The van der Waals surface area contributed by atoms with E-state index in [0.717, 1.165) is 53.2 Å². The van der Waals surface area contributed by atoms with E-state index in [9.17, 15) is 4.79 Å². The third-order valence-corrected chi connectivity index (χ3v) is 5.29. The summed E-state index contributed by atoms with van der Waals surface area (Å²) in [6, 6.07) is 4.30. The van der Waals surface area contributed by atoms with E-state index in [0.29, 0.717) is 18.2 Å². The smallest absolute Gasteiger partial charge is 0.252 e. The summed E-state index contributed by atoms with van der Waals surface area (Å²) in [5.41, 5.74) is 2.95. The van der Waals surface area contributed by atoms with Crippen molar-refractivity contribution in [2.24, 2.45) is 0 Å². The van der Waals surface area contributed by atoms with Crippen molar-refractivity contribution in [3.8, 4) is 11.3 Å². The molecule has 0 bridgehead atoms. The molecule has 4 rings (SSSR count). The molecule has 1 amide bonds. The van der Waals surface area contributed by atoms with Gasteiger partial charge in [-0.05, 0) is 59.2 Å². The molecule has 0 spiro atoms. The number of rotatable bonds is 5. The minimum atomic E-state index is -0.0940. The van der Waals surface area contributed by atoms with E-state index in [4.69, 9.17) is 9.40 Å². The standard InChI is InChI=1S/C21H27N5O2.2ClH/c1-12(2)26-20-18(11-24-26)17(21(27)23-10-15-6-5-7-22-15)9-19(25-20)16-8-13(3)28-14(16)4;;/h8-9,11-12,15,22H,5-7,10H2,1-4H3,(H,23,27);2*1H. The maximum atomic E-state index is 13.0. The van der Waals surface area contributed by atoms with Crippen molar-refractivity contribution in [3.05, 3.63) is 35.4 Å². The van der Waals surface area contributed by atoms with Crippen LogP contribution in [-0.4, -0.2) is 39.8 Å². The maximum absolute atomic E-state index is 13.0. The lowest BCUT2D eigenvalue weighted by Gasteiger charge is -2.13. The monoisotopic (exact) mass is 453 g/mol. The lowest BCUT2D eigenvalue weighted by Crippen LogP contribution is -2.37. The Bertz CT molecular complexity index is 1020. The molecule has 0 aromatic carbocycles. The molecular formula is C21H29Cl2N5O2. The number of hydrogen-bond donors (Lipinski definition) is 2. The fourth-order valence-electron chi connectivity index (χ4n) is 3.85. The fraction of sp³-hybridized carbons (Fsp3) is 0.476. The SMILES string of the molecule is Cc1cc(-c2cc(C(=O)NCC3CCCN3)c3cnn(C(C)C)c3n2)c(C)o1.Cl.Cl. The number of amides is 1. The van der Waals surface area contributed by atoms with Crippen LogP contribution in [-0.2, 0) is 0 Å². The zero-order valence-corrected chi connectivity index (χ0v) is 19.3. The molecule has 2 N–H and O–H groups in total. The third-order valence-electron chi connectivity index (χ3n) is 5.29. The normalized spacial score (nSPS) is 15.8. The molecule has 3 aromatic heterocycles. The Hall–Kier alpha value is -2.09. The van der Waals surface area contributed by atoms with Gasteiger partial charge in [0.1, 0.15) is 11.5 Å². The van der Waals surface area contributed by atoms with Gasteiger partial charge in [0.15, 0.2) is 5.65 Å². The number of nitrogens with zero attached hydrogens (tertiary/aromatic N) is 3. The van der Waals surface area contributed by atoms with Gasteiger partial charge in [0.2, 0.25) is 0 Å². The summed E-state index contributed by atoms with van der Waals surface area (Å²) in [6.07, 6.45) is 3.99. The van der Waals surface area contributed by atoms with Crippen molar-refractivity contribution in [2.45, 2.75) is 52.6 Å². The van der Waals surface area contributed by atoms with Crippen LogP contribution in [0.2, 0.25) is 0 Å². The number of halogens is 2. The summed E-state index contributed by atoms with van der Waals surface area (Å²) in [4.78, 5) is 17.9. The first-order valence-corrected chi connectivity index (χ1v) is 9.91. The highest BCUT2D eigenvalue weighted by Gasteiger charge is 2.21. The van der Waals surface area contributed by atoms with Crippen molar-refractivity contribution < 1.29 is 9.21 Å². The second-order valence-corrected chi connectivity index (χ2v) is 7.81. The molecule has 1 atom stereocenters. The molecule has 30 heavy (non-hydrogen) atoms. The molecule has 9 heteroatoms. The van der Waals surface area contributed by atoms with Gasteiger partial charge in [-0.1, -0.05) is 0 Å². The minimum Gasteiger partial charge on any atom is -0.466 e. The van der Waals surface area contributed by atoms with E-state index < -0.39 is 0 Å². The highest BCUT2D eigenvalue weighted by atomic mass is 35.5. The van der Waals surface area contributed by atoms with Crippen molar-refractivity contribution in [1.82, 2.24) is 25.4 Å². The number of pyridine rings is 1. The Labute approximate surface area is 188 Å². The predicted molar refractivity (Wildman–Crippen MR) is 123 cm³/mol. The van der Waals surface area contributed by atoms with Gasteiger partial charge >= 0.3 is 0 Å². The Kier molecular flexibility index (Phi) is 7.91. The predicted octanol–water partition coefficient (Wildman–Crippen LogP) is 4.21. The number of carbonyl (C=O) groups excluding carboxylic acids is 1. The summed E-state index contributed by atoms with van der Waals surface area (Å²) in [7, 11) is 0. The van der Waals surface area contributed by atoms with Gasteiger partial charge in [-0.3, -0.25) is 4.79 Å². The molecular weight excluding hydrogens is 425 g/mol. The molecule has 1 unspecified atom stereocenters. The van der Waals surface area contributed by atoms with Crippen LogP contribution >= 0.6 is 24.8 Å². The zero-order chi connectivity index (χ0) is 19.8. The Morgan fingerprint density at radius 2 is 2.10 bits per heavy atom. The number of fused-ring (bicyclic) bond motifs is 1. The summed E-state index contributed by atoms with van der Waals surface area (Å²) in [6.45, 7) is 9.58. The topological polar surface area (TPSA) is 85.0 Å². The Balaban J connectivity index is 0.00000160. The molecule has 0 aliphatic carbocycles. The van der Waals surface area contributed by atoms with E-state index >= 15 is 0 Å². The minimum absolute atomic E-state index is 0. The number of aromatic nitrogens is 3. The van der Waals surface area contributed by atoms with Crippen LogP contribution in [0.5, 0.6) is 0 Å². The van der Waals surface area contributed by atoms with Crippen LogP contribution in [0.4, 0.5) is 0 Å². The van der Waals surface area contributed by atoms with Crippen LogP contribution in [0.25, 0.3) is 22.3 Å². The van der Waals surface area contributed by atoms with Crippen LogP contribution in [0.15, 0.2) is 22.7 Å². The average Bonchev–Trinajstić information content (AvgIpc) is 3.38. The maximum Gasteiger partial charge on any atom is 0.252 e. The molecule has 164 valence electrons.